The van der Waals surface area contributed by atoms with E-state index in [4.69, 9.17) is 11.6 Å². The highest BCUT2D eigenvalue weighted by Crippen LogP contribution is 2.61. The average molecular weight is 429 g/mol. The van der Waals surface area contributed by atoms with Crippen LogP contribution in [0, 0.1) is 23.2 Å². The number of aryl methyl sites for hydroxylation is 1. The highest BCUT2D eigenvalue weighted by Gasteiger charge is 2.51. The summed E-state index contributed by atoms with van der Waals surface area (Å²) in [5, 5.41) is 0.722. The average Bonchev–Trinajstić information content (AvgIpc) is 2.72. The summed E-state index contributed by atoms with van der Waals surface area (Å²) in [5.41, 5.74) is 1.44. The fourth-order valence-corrected chi connectivity index (χ4v) is 7.33. The molecule has 1 aliphatic heterocycles. The summed E-state index contributed by atoms with van der Waals surface area (Å²) in [4.78, 5) is 29.7. The van der Waals surface area contributed by atoms with Crippen LogP contribution in [0.4, 0.5) is 0 Å². The Kier molecular flexibility index (Phi) is 5.55. The van der Waals surface area contributed by atoms with Crippen LogP contribution in [0.25, 0.3) is 0 Å². The van der Waals surface area contributed by atoms with E-state index in [1.54, 1.807) is 0 Å². The lowest BCUT2D eigenvalue weighted by molar-refractivity contribution is -0.144. The van der Waals surface area contributed by atoms with Gasteiger partial charge in [0.25, 0.3) is 0 Å². The number of halogens is 1. The van der Waals surface area contributed by atoms with Crippen molar-refractivity contribution in [3.05, 3.63) is 34.9 Å². The molecule has 1 heterocycles. The first-order chi connectivity index (χ1) is 14.5. The molecule has 0 spiro atoms. The zero-order chi connectivity index (χ0) is 20.7. The van der Waals surface area contributed by atoms with Crippen LogP contribution in [-0.2, 0) is 16.0 Å². The molecule has 30 heavy (non-hydrogen) atoms. The molecular weight excluding hydrogens is 396 g/mol. The summed E-state index contributed by atoms with van der Waals surface area (Å²) >= 11 is 5.93. The number of amides is 2. The maximum absolute atomic E-state index is 13.1. The third-order valence-electron chi connectivity index (χ3n) is 8.22. The minimum Gasteiger partial charge on any atom is -0.339 e. The summed E-state index contributed by atoms with van der Waals surface area (Å²) in [6, 6.07) is 7.71. The minimum absolute atomic E-state index is 0.193. The van der Waals surface area contributed by atoms with Crippen LogP contribution >= 0.6 is 11.6 Å². The number of rotatable bonds is 5. The molecule has 5 fully saturated rings. The van der Waals surface area contributed by atoms with Gasteiger partial charge in [0, 0.05) is 44.0 Å². The molecular formula is C25H33ClN2O2. The Bertz CT molecular complexity index is 763. The lowest BCUT2D eigenvalue weighted by Crippen LogP contribution is -2.53. The molecule has 4 aliphatic carbocycles. The van der Waals surface area contributed by atoms with Gasteiger partial charge in [-0.3, -0.25) is 9.59 Å². The van der Waals surface area contributed by atoms with E-state index in [1.807, 2.05) is 34.1 Å². The van der Waals surface area contributed by atoms with Crippen LogP contribution in [0.5, 0.6) is 0 Å². The fourth-order valence-electron chi connectivity index (χ4n) is 7.20. The summed E-state index contributed by atoms with van der Waals surface area (Å²) in [7, 11) is 0. The molecule has 1 saturated heterocycles. The predicted molar refractivity (Wildman–Crippen MR) is 118 cm³/mol. The van der Waals surface area contributed by atoms with Crippen molar-refractivity contribution in [1.29, 1.82) is 0 Å². The first-order valence-corrected chi connectivity index (χ1v) is 12.2. The molecule has 4 bridgehead atoms. The number of carbonyl (C=O) groups is 2. The number of hydrogen-bond donors (Lipinski definition) is 0. The maximum Gasteiger partial charge on any atom is 0.223 e. The van der Waals surface area contributed by atoms with Gasteiger partial charge in [-0.05, 0) is 85.8 Å². The fraction of sp³-hybridized carbons (Fsp3) is 0.680. The van der Waals surface area contributed by atoms with E-state index in [0.29, 0.717) is 43.9 Å². The molecule has 0 atom stereocenters. The van der Waals surface area contributed by atoms with Gasteiger partial charge in [-0.15, -0.1) is 0 Å². The molecule has 4 saturated carbocycles. The van der Waals surface area contributed by atoms with E-state index in [1.165, 1.54) is 38.5 Å². The second kappa shape index (κ2) is 8.18. The van der Waals surface area contributed by atoms with Crippen molar-refractivity contribution < 1.29 is 9.59 Å². The number of benzene rings is 1. The predicted octanol–water partition coefficient (Wildman–Crippen LogP) is 4.55. The molecule has 162 valence electrons. The van der Waals surface area contributed by atoms with E-state index in [-0.39, 0.29) is 5.91 Å². The Balaban J connectivity index is 1.09. The SMILES string of the molecule is O=C(CCc1ccc(Cl)cc1)N1CCN(C(=O)CC23CC4CC(CC(C4)C2)C3)CC1. The summed E-state index contributed by atoms with van der Waals surface area (Å²) < 4.78 is 0. The van der Waals surface area contributed by atoms with Gasteiger partial charge in [-0.1, -0.05) is 23.7 Å². The van der Waals surface area contributed by atoms with Crippen LogP contribution in [-0.4, -0.2) is 47.8 Å². The van der Waals surface area contributed by atoms with E-state index in [0.717, 1.165) is 41.2 Å². The Hall–Kier alpha value is -1.55. The largest absolute Gasteiger partial charge is 0.339 e. The molecule has 0 unspecified atom stereocenters. The lowest BCUT2D eigenvalue weighted by Gasteiger charge is -2.57. The van der Waals surface area contributed by atoms with Gasteiger partial charge >= 0.3 is 0 Å². The first kappa shape index (κ1) is 20.4. The zero-order valence-electron chi connectivity index (χ0n) is 17.8. The van der Waals surface area contributed by atoms with Crippen LogP contribution in [0.3, 0.4) is 0 Å². The molecule has 5 heteroatoms. The lowest BCUT2D eigenvalue weighted by atomic mass is 9.49. The van der Waals surface area contributed by atoms with Gasteiger partial charge in [0.1, 0.15) is 0 Å². The summed E-state index contributed by atoms with van der Waals surface area (Å²) in [5.74, 6) is 3.20. The van der Waals surface area contributed by atoms with Crippen molar-refractivity contribution in [2.45, 2.75) is 57.8 Å². The van der Waals surface area contributed by atoms with Crippen LogP contribution in [0.15, 0.2) is 24.3 Å². The number of hydrogen-bond acceptors (Lipinski definition) is 2. The molecule has 0 aromatic heterocycles. The summed E-state index contributed by atoms with van der Waals surface area (Å²) in [6.07, 6.45) is 10.1. The smallest absolute Gasteiger partial charge is 0.223 e. The van der Waals surface area contributed by atoms with E-state index < -0.39 is 0 Å². The molecule has 1 aromatic rings. The van der Waals surface area contributed by atoms with Crippen LogP contribution in [0.1, 0.15) is 56.9 Å². The van der Waals surface area contributed by atoms with E-state index in [2.05, 4.69) is 0 Å². The monoisotopic (exact) mass is 428 g/mol. The van der Waals surface area contributed by atoms with Crippen molar-refractivity contribution in [3.8, 4) is 0 Å². The van der Waals surface area contributed by atoms with E-state index >= 15 is 0 Å². The van der Waals surface area contributed by atoms with Crippen molar-refractivity contribution in [2.75, 3.05) is 26.2 Å². The molecule has 0 N–H and O–H groups in total. The van der Waals surface area contributed by atoms with Crippen LogP contribution < -0.4 is 0 Å². The van der Waals surface area contributed by atoms with Gasteiger partial charge in [0.15, 0.2) is 0 Å². The first-order valence-electron chi connectivity index (χ1n) is 11.8. The Labute approximate surface area is 184 Å². The second-order valence-corrected chi connectivity index (χ2v) is 10.9. The molecule has 6 rings (SSSR count). The topological polar surface area (TPSA) is 40.6 Å². The number of carbonyl (C=O) groups excluding carboxylic acids is 2. The van der Waals surface area contributed by atoms with Gasteiger partial charge < -0.3 is 9.80 Å². The van der Waals surface area contributed by atoms with Crippen LogP contribution in [0.2, 0.25) is 5.02 Å². The van der Waals surface area contributed by atoms with Gasteiger partial charge in [-0.25, -0.2) is 0 Å². The number of piperazine rings is 1. The zero-order valence-corrected chi connectivity index (χ0v) is 18.6. The second-order valence-electron chi connectivity index (χ2n) is 10.5. The maximum atomic E-state index is 13.1. The molecule has 2 amide bonds. The minimum atomic E-state index is 0.193. The van der Waals surface area contributed by atoms with Gasteiger partial charge in [0.05, 0.1) is 0 Å². The van der Waals surface area contributed by atoms with Gasteiger partial charge in [0.2, 0.25) is 11.8 Å². The normalized spacial score (nSPS) is 32.5. The highest BCUT2D eigenvalue weighted by molar-refractivity contribution is 6.30. The molecule has 1 aromatic carbocycles. The standard InChI is InChI=1S/C25H33ClN2O2/c26-22-4-1-18(2-5-22)3-6-23(29)27-7-9-28(10-8-27)24(30)17-25-14-19-11-20(15-25)13-21(12-19)16-25/h1-2,4-5,19-21H,3,6-17H2. The highest BCUT2D eigenvalue weighted by atomic mass is 35.5. The van der Waals surface area contributed by atoms with Crippen molar-refractivity contribution in [2.24, 2.45) is 23.2 Å². The van der Waals surface area contributed by atoms with Crippen molar-refractivity contribution in [3.63, 3.8) is 0 Å². The number of nitrogens with zero attached hydrogens (tertiary/aromatic N) is 2. The van der Waals surface area contributed by atoms with Gasteiger partial charge in [-0.2, -0.15) is 0 Å². The molecule has 0 radical (unpaired) electrons. The van der Waals surface area contributed by atoms with Crippen molar-refractivity contribution >= 4 is 23.4 Å². The van der Waals surface area contributed by atoms with Crippen molar-refractivity contribution in [1.82, 2.24) is 9.80 Å². The Morgan fingerprint density at radius 2 is 1.33 bits per heavy atom. The summed E-state index contributed by atoms with van der Waals surface area (Å²) in [6.45, 7) is 2.73. The third kappa shape index (κ3) is 4.26. The quantitative estimate of drug-likeness (QED) is 0.690. The molecule has 5 aliphatic rings. The Morgan fingerprint density at radius 3 is 1.87 bits per heavy atom. The Morgan fingerprint density at radius 1 is 0.833 bits per heavy atom. The third-order valence-corrected chi connectivity index (χ3v) is 8.47. The molecule has 4 nitrogen and oxygen atoms in total. The van der Waals surface area contributed by atoms with E-state index in [9.17, 15) is 9.59 Å².